The zero-order valence-corrected chi connectivity index (χ0v) is 27.0. The number of carbonyl (C=O) groups excluding carboxylic acids is 2. The number of piperidine rings is 1. The first-order valence-corrected chi connectivity index (χ1v) is 15.6. The summed E-state index contributed by atoms with van der Waals surface area (Å²) >= 11 is 0. The second kappa shape index (κ2) is 14.4. The summed E-state index contributed by atoms with van der Waals surface area (Å²) in [4.78, 5) is 54.7. The molecule has 11 heteroatoms. The molecule has 0 spiro atoms. The highest BCUT2D eigenvalue weighted by Crippen LogP contribution is 2.29. The third-order valence-corrected chi connectivity index (χ3v) is 8.26. The van der Waals surface area contributed by atoms with Crippen molar-refractivity contribution < 1.29 is 24.2 Å². The summed E-state index contributed by atoms with van der Waals surface area (Å²) in [5.41, 5.74) is 2.37. The molecule has 1 fully saturated rings. The maximum Gasteiger partial charge on any atom is 0.407 e. The summed E-state index contributed by atoms with van der Waals surface area (Å²) in [6.07, 6.45) is 2.37. The lowest BCUT2D eigenvalue weighted by atomic mass is 9.90. The standard InChI is InChI=1S/C33H48N6O5/c1-22(2)18-39(30(41)27-17-35-31(33(3,4)5)36-28(27)34-13-9-15-44-6)26-16-25(20-38(21-26)32(42)43)29(40)37-14-12-23-10-7-8-11-24(23)19-37/h7-8,10-11,17,22,25-26H,9,12-16,18-21H2,1-6H3,(H,42,43)(H,34,35,36)/t25-,26+/m1/s1. The van der Waals surface area contributed by atoms with Crippen molar-refractivity contribution in [3.8, 4) is 0 Å². The van der Waals surface area contributed by atoms with E-state index in [9.17, 15) is 19.5 Å². The zero-order valence-electron chi connectivity index (χ0n) is 27.0. The lowest BCUT2D eigenvalue weighted by Gasteiger charge is -2.43. The van der Waals surface area contributed by atoms with Crippen LogP contribution in [-0.2, 0) is 27.9 Å². The Kier molecular flexibility index (Phi) is 10.8. The van der Waals surface area contributed by atoms with Crippen LogP contribution in [0.1, 0.15) is 74.8 Å². The number of likely N-dealkylation sites (tertiary alicyclic amines) is 1. The van der Waals surface area contributed by atoms with Crippen molar-refractivity contribution in [3.05, 3.63) is 53.0 Å². The highest BCUT2D eigenvalue weighted by molar-refractivity contribution is 5.98. The summed E-state index contributed by atoms with van der Waals surface area (Å²) in [5.74, 6) is 0.283. The van der Waals surface area contributed by atoms with Crippen LogP contribution in [0.2, 0.25) is 0 Å². The molecule has 1 aromatic carbocycles. The summed E-state index contributed by atoms with van der Waals surface area (Å²) in [7, 11) is 1.65. The molecule has 240 valence electrons. The number of benzene rings is 1. The van der Waals surface area contributed by atoms with Gasteiger partial charge in [-0.3, -0.25) is 9.59 Å². The van der Waals surface area contributed by atoms with E-state index in [1.165, 1.54) is 10.5 Å². The van der Waals surface area contributed by atoms with Gasteiger partial charge in [-0.25, -0.2) is 14.8 Å². The number of methoxy groups -OCH3 is 1. The van der Waals surface area contributed by atoms with Crippen molar-refractivity contribution in [1.82, 2.24) is 24.7 Å². The molecule has 0 radical (unpaired) electrons. The average molecular weight is 609 g/mol. The Morgan fingerprint density at radius 3 is 2.52 bits per heavy atom. The number of nitrogens with zero attached hydrogens (tertiary/aromatic N) is 5. The number of carbonyl (C=O) groups is 3. The zero-order chi connectivity index (χ0) is 32.0. The van der Waals surface area contributed by atoms with Crippen LogP contribution in [0.25, 0.3) is 0 Å². The number of nitrogens with one attached hydrogen (secondary N) is 1. The van der Waals surface area contributed by atoms with Crippen LogP contribution in [0.4, 0.5) is 10.6 Å². The van der Waals surface area contributed by atoms with E-state index in [1.807, 2.05) is 57.7 Å². The number of fused-ring (bicyclic) bond motifs is 1. The predicted molar refractivity (Wildman–Crippen MR) is 169 cm³/mol. The number of ether oxygens (including phenoxy) is 1. The van der Waals surface area contributed by atoms with Crippen molar-refractivity contribution in [3.63, 3.8) is 0 Å². The molecule has 3 amide bonds. The Morgan fingerprint density at radius 1 is 1.14 bits per heavy atom. The Morgan fingerprint density at radius 2 is 1.86 bits per heavy atom. The van der Waals surface area contributed by atoms with E-state index in [2.05, 4.69) is 16.4 Å². The minimum absolute atomic E-state index is 0.0641. The van der Waals surface area contributed by atoms with Crippen LogP contribution in [0.5, 0.6) is 0 Å². The van der Waals surface area contributed by atoms with Gasteiger partial charge in [0.1, 0.15) is 17.2 Å². The van der Waals surface area contributed by atoms with Gasteiger partial charge >= 0.3 is 6.09 Å². The fourth-order valence-corrected chi connectivity index (χ4v) is 5.98. The van der Waals surface area contributed by atoms with Crippen molar-refractivity contribution in [2.24, 2.45) is 11.8 Å². The highest BCUT2D eigenvalue weighted by atomic mass is 16.5. The van der Waals surface area contributed by atoms with E-state index in [0.29, 0.717) is 56.4 Å². The molecule has 3 heterocycles. The summed E-state index contributed by atoms with van der Waals surface area (Å²) in [5, 5.41) is 13.4. The van der Waals surface area contributed by atoms with E-state index in [-0.39, 0.29) is 36.2 Å². The van der Waals surface area contributed by atoms with Gasteiger partial charge in [0.05, 0.1) is 12.0 Å². The lowest BCUT2D eigenvalue weighted by Crippen LogP contribution is -2.57. The van der Waals surface area contributed by atoms with Crippen LogP contribution in [-0.4, -0.2) is 100 Å². The number of carboxylic acid groups (broad SMARTS) is 1. The Labute approximate surface area is 261 Å². The lowest BCUT2D eigenvalue weighted by molar-refractivity contribution is -0.138. The van der Waals surface area contributed by atoms with Crippen LogP contribution in [0, 0.1) is 11.8 Å². The number of hydrogen-bond acceptors (Lipinski definition) is 7. The molecule has 0 saturated carbocycles. The van der Waals surface area contributed by atoms with Gasteiger partial charge < -0.3 is 29.9 Å². The fourth-order valence-electron chi connectivity index (χ4n) is 5.98. The number of hydrogen-bond donors (Lipinski definition) is 2. The van der Waals surface area contributed by atoms with E-state index in [1.54, 1.807) is 18.2 Å². The molecule has 44 heavy (non-hydrogen) atoms. The monoisotopic (exact) mass is 608 g/mol. The minimum Gasteiger partial charge on any atom is -0.465 e. The molecule has 4 rings (SSSR count). The SMILES string of the molecule is COCCCNc1nc(C(C)(C)C)ncc1C(=O)N(CC(C)C)[C@H]1C[C@@H](C(=O)N2CCc3ccccc3C2)CN(C(=O)O)C1. The van der Waals surface area contributed by atoms with E-state index in [0.717, 1.165) is 18.4 Å². The fraction of sp³-hybridized carbons (Fsp3) is 0.606. The van der Waals surface area contributed by atoms with Gasteiger partial charge in [0.25, 0.3) is 5.91 Å². The summed E-state index contributed by atoms with van der Waals surface area (Å²) < 4.78 is 5.19. The minimum atomic E-state index is -1.09. The molecule has 2 aromatic rings. The second-order valence-electron chi connectivity index (χ2n) is 13.4. The van der Waals surface area contributed by atoms with Gasteiger partial charge in [-0.2, -0.15) is 0 Å². The molecular formula is C33H48N6O5. The van der Waals surface area contributed by atoms with Crippen molar-refractivity contribution in [1.29, 1.82) is 0 Å². The topological polar surface area (TPSA) is 128 Å². The van der Waals surface area contributed by atoms with Gasteiger partial charge in [0.2, 0.25) is 5.91 Å². The Balaban J connectivity index is 1.63. The van der Waals surface area contributed by atoms with Gasteiger partial charge in [-0.05, 0) is 36.3 Å². The number of rotatable bonds is 10. The largest absolute Gasteiger partial charge is 0.465 e. The molecule has 1 aromatic heterocycles. The number of amides is 3. The van der Waals surface area contributed by atoms with Gasteiger partial charge in [-0.1, -0.05) is 58.9 Å². The molecule has 0 aliphatic carbocycles. The third-order valence-electron chi connectivity index (χ3n) is 8.26. The molecule has 2 atom stereocenters. The number of aromatic nitrogens is 2. The van der Waals surface area contributed by atoms with Crippen LogP contribution in [0.15, 0.2) is 30.5 Å². The van der Waals surface area contributed by atoms with Crippen molar-refractivity contribution in [2.75, 3.05) is 51.8 Å². The second-order valence-corrected chi connectivity index (χ2v) is 13.4. The highest BCUT2D eigenvalue weighted by Gasteiger charge is 2.41. The van der Waals surface area contributed by atoms with Gasteiger partial charge in [0, 0.05) is 64.6 Å². The molecular weight excluding hydrogens is 560 g/mol. The molecule has 2 N–H and O–H groups in total. The first-order valence-electron chi connectivity index (χ1n) is 15.6. The van der Waals surface area contributed by atoms with Crippen molar-refractivity contribution >= 4 is 23.7 Å². The third kappa shape index (κ3) is 8.05. The van der Waals surface area contributed by atoms with Gasteiger partial charge in [-0.15, -0.1) is 0 Å². The average Bonchev–Trinajstić information content (AvgIpc) is 3.00. The summed E-state index contributed by atoms with van der Waals surface area (Å²) in [6.45, 7) is 13.0. The molecule has 11 nitrogen and oxygen atoms in total. The smallest absolute Gasteiger partial charge is 0.407 e. The van der Waals surface area contributed by atoms with Crippen LogP contribution < -0.4 is 5.32 Å². The molecule has 0 unspecified atom stereocenters. The first kappa shape index (κ1) is 33.2. The van der Waals surface area contributed by atoms with E-state index in [4.69, 9.17) is 9.72 Å². The predicted octanol–water partition coefficient (Wildman–Crippen LogP) is 4.27. The molecule has 2 aliphatic heterocycles. The van der Waals surface area contributed by atoms with Crippen LogP contribution >= 0.6 is 0 Å². The van der Waals surface area contributed by atoms with E-state index >= 15 is 0 Å². The molecule has 1 saturated heterocycles. The molecule has 0 bridgehead atoms. The maximum absolute atomic E-state index is 14.4. The number of anilines is 1. The Hall–Kier alpha value is -3.73. The summed E-state index contributed by atoms with van der Waals surface area (Å²) in [6, 6.07) is 7.63. The molecule has 2 aliphatic rings. The van der Waals surface area contributed by atoms with Crippen LogP contribution in [0.3, 0.4) is 0 Å². The quantitative estimate of drug-likeness (QED) is 0.383. The maximum atomic E-state index is 14.4. The van der Waals surface area contributed by atoms with Crippen molar-refractivity contribution in [2.45, 2.75) is 71.9 Å². The van der Waals surface area contributed by atoms with Gasteiger partial charge in [0.15, 0.2) is 0 Å². The van der Waals surface area contributed by atoms with E-state index < -0.39 is 18.1 Å². The normalized spacial score (nSPS) is 18.6. The first-order chi connectivity index (χ1) is 20.9. The Bertz CT molecular complexity index is 1330.